The van der Waals surface area contributed by atoms with E-state index in [0.29, 0.717) is 23.4 Å². The molecule has 0 spiro atoms. The fourth-order valence-corrected chi connectivity index (χ4v) is 7.85. The van der Waals surface area contributed by atoms with Gasteiger partial charge in [-0.05, 0) is 52.2 Å². The Kier molecular flexibility index (Phi) is 6.60. The van der Waals surface area contributed by atoms with Crippen LogP contribution in [0.1, 0.15) is 0 Å². The van der Waals surface area contributed by atoms with Crippen LogP contribution in [0.2, 0.25) is 0 Å². The summed E-state index contributed by atoms with van der Waals surface area (Å²) >= 11 is 1.72. The molecule has 234 valence electrons. The van der Waals surface area contributed by atoms with Crippen molar-refractivity contribution in [2.24, 2.45) is 0 Å². The average molecular weight is 659 g/mol. The lowest BCUT2D eigenvalue weighted by molar-refractivity contribution is 0.620. The van der Waals surface area contributed by atoms with Crippen LogP contribution >= 0.6 is 11.3 Å². The standard InChI is InChI=1S/C44H26N4OS/c1-3-10-27(11-4-1)29-18-21-31(22-19-29)44-45-37-25-36-34-16-9-17-35(40(34)50-39(36)26-38(37)49-44)43-47-41(30-13-5-2-6-14-30)46-42(48-43)33-23-20-28-12-7-8-15-32(28)24-33/h1-26H. The quantitative estimate of drug-likeness (QED) is 0.184. The first kappa shape index (κ1) is 28.5. The van der Waals surface area contributed by atoms with Gasteiger partial charge in [-0.25, -0.2) is 19.9 Å². The molecule has 0 N–H and O–H groups in total. The predicted molar refractivity (Wildman–Crippen MR) is 205 cm³/mol. The highest BCUT2D eigenvalue weighted by Gasteiger charge is 2.18. The molecule has 0 bridgehead atoms. The molecule has 0 amide bonds. The summed E-state index contributed by atoms with van der Waals surface area (Å²) in [5, 5.41) is 4.59. The molecule has 6 heteroatoms. The summed E-state index contributed by atoms with van der Waals surface area (Å²) in [5.41, 5.74) is 7.74. The zero-order chi connectivity index (χ0) is 33.0. The summed E-state index contributed by atoms with van der Waals surface area (Å²) in [5.74, 6) is 2.54. The fourth-order valence-electron chi connectivity index (χ4n) is 6.62. The maximum atomic E-state index is 6.34. The first-order valence-electron chi connectivity index (χ1n) is 16.5. The molecule has 0 radical (unpaired) electrons. The summed E-state index contributed by atoms with van der Waals surface area (Å²) in [7, 11) is 0. The Labute approximate surface area is 291 Å². The van der Waals surface area contributed by atoms with Crippen molar-refractivity contribution in [3.8, 4) is 56.7 Å². The van der Waals surface area contributed by atoms with E-state index in [-0.39, 0.29) is 0 Å². The molecule has 0 saturated heterocycles. The smallest absolute Gasteiger partial charge is 0.227 e. The van der Waals surface area contributed by atoms with Crippen LogP contribution in [-0.4, -0.2) is 19.9 Å². The number of aromatic nitrogens is 4. The summed E-state index contributed by atoms with van der Waals surface area (Å²) in [4.78, 5) is 20.0. The molecule has 0 fully saturated rings. The molecule has 0 saturated carbocycles. The van der Waals surface area contributed by atoms with Crippen LogP contribution in [0.3, 0.4) is 0 Å². The lowest BCUT2D eigenvalue weighted by Gasteiger charge is -2.09. The van der Waals surface area contributed by atoms with E-state index in [1.807, 2.05) is 36.4 Å². The molecule has 0 aliphatic rings. The molecule has 0 atom stereocenters. The lowest BCUT2D eigenvalue weighted by atomic mass is 10.0. The summed E-state index contributed by atoms with van der Waals surface area (Å²) in [6, 6.07) is 54.1. The molecule has 3 heterocycles. The molecule has 0 aliphatic heterocycles. The SMILES string of the molecule is c1ccc(-c2ccc(-c3nc4cc5c(cc4o3)sc3c(-c4nc(-c6ccccc6)nc(-c6ccc7ccccc7c6)n4)cccc35)cc2)cc1. The van der Waals surface area contributed by atoms with Crippen molar-refractivity contribution in [3.05, 3.63) is 158 Å². The first-order chi connectivity index (χ1) is 24.7. The van der Waals surface area contributed by atoms with Gasteiger partial charge in [-0.2, -0.15) is 0 Å². The van der Waals surface area contributed by atoms with Gasteiger partial charge in [-0.15, -0.1) is 11.3 Å². The minimum atomic E-state index is 0.613. The molecule has 10 aromatic rings. The number of thiophene rings is 1. The summed E-state index contributed by atoms with van der Waals surface area (Å²) in [6.45, 7) is 0. The molecule has 50 heavy (non-hydrogen) atoms. The normalized spacial score (nSPS) is 11.6. The van der Waals surface area contributed by atoms with Crippen molar-refractivity contribution in [1.29, 1.82) is 0 Å². The van der Waals surface area contributed by atoms with E-state index < -0.39 is 0 Å². The molecule has 3 aromatic heterocycles. The second kappa shape index (κ2) is 11.6. The van der Waals surface area contributed by atoms with Crippen molar-refractivity contribution >= 4 is 53.4 Å². The Morgan fingerprint density at radius 2 is 1.06 bits per heavy atom. The van der Waals surface area contributed by atoms with Crippen LogP contribution in [0.4, 0.5) is 0 Å². The van der Waals surface area contributed by atoms with E-state index in [0.717, 1.165) is 64.5 Å². The Morgan fingerprint density at radius 3 is 1.86 bits per heavy atom. The van der Waals surface area contributed by atoms with Gasteiger partial charge < -0.3 is 4.42 Å². The van der Waals surface area contributed by atoms with Gasteiger partial charge in [-0.3, -0.25) is 0 Å². The van der Waals surface area contributed by atoms with Crippen molar-refractivity contribution in [3.63, 3.8) is 0 Å². The first-order valence-corrected chi connectivity index (χ1v) is 17.3. The average Bonchev–Trinajstić information content (AvgIpc) is 3.78. The molecular weight excluding hydrogens is 633 g/mol. The van der Waals surface area contributed by atoms with E-state index in [4.69, 9.17) is 24.4 Å². The largest absolute Gasteiger partial charge is 0.436 e. The Bertz CT molecular complexity index is 2860. The van der Waals surface area contributed by atoms with Gasteiger partial charge in [0, 0.05) is 48.5 Å². The van der Waals surface area contributed by atoms with E-state index >= 15 is 0 Å². The third kappa shape index (κ3) is 4.93. The van der Waals surface area contributed by atoms with E-state index in [2.05, 4.69) is 121 Å². The van der Waals surface area contributed by atoms with Crippen LogP contribution in [0, 0.1) is 0 Å². The number of rotatable bonds is 5. The molecule has 0 unspecified atom stereocenters. The second-order valence-corrected chi connectivity index (χ2v) is 13.3. The fraction of sp³-hybridized carbons (Fsp3) is 0. The van der Waals surface area contributed by atoms with Gasteiger partial charge in [0.25, 0.3) is 0 Å². The van der Waals surface area contributed by atoms with E-state index in [9.17, 15) is 0 Å². The highest BCUT2D eigenvalue weighted by atomic mass is 32.1. The third-order valence-corrected chi connectivity index (χ3v) is 10.4. The van der Waals surface area contributed by atoms with Crippen molar-refractivity contribution in [2.45, 2.75) is 0 Å². The minimum absolute atomic E-state index is 0.613. The number of hydrogen-bond acceptors (Lipinski definition) is 6. The minimum Gasteiger partial charge on any atom is -0.436 e. The van der Waals surface area contributed by atoms with Gasteiger partial charge >= 0.3 is 0 Å². The number of oxazole rings is 1. The zero-order valence-electron chi connectivity index (χ0n) is 26.6. The molecule has 7 aromatic carbocycles. The summed E-state index contributed by atoms with van der Waals surface area (Å²) in [6.07, 6.45) is 0. The Hall–Kier alpha value is -6.50. The van der Waals surface area contributed by atoms with Gasteiger partial charge in [0.15, 0.2) is 23.1 Å². The zero-order valence-corrected chi connectivity index (χ0v) is 27.4. The van der Waals surface area contributed by atoms with Crippen LogP contribution in [-0.2, 0) is 0 Å². The maximum absolute atomic E-state index is 6.34. The predicted octanol–water partition coefficient (Wildman–Crippen LogP) is 11.9. The van der Waals surface area contributed by atoms with Crippen LogP contribution < -0.4 is 0 Å². The Morgan fingerprint density at radius 1 is 0.420 bits per heavy atom. The van der Waals surface area contributed by atoms with Crippen molar-refractivity contribution in [1.82, 2.24) is 19.9 Å². The van der Waals surface area contributed by atoms with Gasteiger partial charge in [-0.1, -0.05) is 121 Å². The lowest BCUT2D eigenvalue weighted by Crippen LogP contribution is -2.00. The topological polar surface area (TPSA) is 64.7 Å². The van der Waals surface area contributed by atoms with Crippen LogP contribution in [0.25, 0.3) is 98.8 Å². The van der Waals surface area contributed by atoms with Gasteiger partial charge in [0.2, 0.25) is 5.89 Å². The number of fused-ring (bicyclic) bond motifs is 5. The van der Waals surface area contributed by atoms with Crippen molar-refractivity contribution < 1.29 is 4.42 Å². The van der Waals surface area contributed by atoms with Gasteiger partial charge in [0.1, 0.15) is 5.52 Å². The highest BCUT2D eigenvalue weighted by molar-refractivity contribution is 7.26. The van der Waals surface area contributed by atoms with Gasteiger partial charge in [0.05, 0.1) is 0 Å². The highest BCUT2D eigenvalue weighted by Crippen LogP contribution is 2.42. The number of benzene rings is 7. The van der Waals surface area contributed by atoms with Crippen LogP contribution in [0.15, 0.2) is 162 Å². The maximum Gasteiger partial charge on any atom is 0.227 e. The Balaban J connectivity index is 1.08. The number of nitrogens with zero attached hydrogens (tertiary/aromatic N) is 4. The van der Waals surface area contributed by atoms with Crippen LogP contribution in [0.5, 0.6) is 0 Å². The third-order valence-electron chi connectivity index (χ3n) is 9.16. The molecule has 0 aliphatic carbocycles. The monoisotopic (exact) mass is 658 g/mol. The molecule has 10 rings (SSSR count). The molecule has 5 nitrogen and oxygen atoms in total. The molecular formula is C44H26N4OS. The summed E-state index contributed by atoms with van der Waals surface area (Å²) < 4.78 is 8.57. The number of hydrogen-bond donors (Lipinski definition) is 0. The second-order valence-electron chi connectivity index (χ2n) is 12.3. The van der Waals surface area contributed by atoms with Crippen molar-refractivity contribution in [2.75, 3.05) is 0 Å². The van der Waals surface area contributed by atoms with E-state index in [1.165, 1.54) is 10.9 Å². The van der Waals surface area contributed by atoms with E-state index in [1.54, 1.807) is 11.3 Å².